The maximum absolute atomic E-state index is 11.6. The highest BCUT2D eigenvalue weighted by atomic mass is 16.5. The van der Waals surface area contributed by atoms with Crippen LogP contribution in [0.4, 0.5) is 0 Å². The molecule has 3 rings (SSSR count). The first-order chi connectivity index (χ1) is 9.72. The van der Waals surface area contributed by atoms with Crippen LogP contribution in [0.15, 0.2) is 18.2 Å². The standard InChI is InChI=1S/C14H17N3O3/c1-19-14(18)9-2-3-11-12(6-9)17(13(7-15)16-11)8-10-4-5-20-10/h2-3,6,10H,4-5,7-8,15H2,1H3. The summed E-state index contributed by atoms with van der Waals surface area (Å²) in [6.07, 6.45) is 1.25. The number of ether oxygens (including phenoxy) is 2. The Labute approximate surface area is 116 Å². The summed E-state index contributed by atoms with van der Waals surface area (Å²) in [7, 11) is 1.37. The number of aromatic nitrogens is 2. The van der Waals surface area contributed by atoms with E-state index in [1.807, 2.05) is 10.6 Å². The lowest BCUT2D eigenvalue weighted by Gasteiger charge is -2.27. The number of fused-ring (bicyclic) bond motifs is 1. The number of esters is 1. The summed E-state index contributed by atoms with van der Waals surface area (Å²) in [6.45, 7) is 1.88. The van der Waals surface area contributed by atoms with E-state index in [0.717, 1.165) is 29.9 Å². The Morgan fingerprint density at radius 2 is 2.40 bits per heavy atom. The molecule has 1 aliphatic rings. The Morgan fingerprint density at radius 1 is 1.60 bits per heavy atom. The van der Waals surface area contributed by atoms with Crippen LogP contribution in [0.2, 0.25) is 0 Å². The molecule has 1 fully saturated rings. The van der Waals surface area contributed by atoms with E-state index < -0.39 is 0 Å². The van der Waals surface area contributed by atoms with Crippen LogP contribution in [0.5, 0.6) is 0 Å². The highest BCUT2D eigenvalue weighted by molar-refractivity contribution is 5.93. The molecular formula is C14H17N3O3. The van der Waals surface area contributed by atoms with Crippen molar-refractivity contribution in [3.8, 4) is 0 Å². The van der Waals surface area contributed by atoms with Crippen LogP contribution < -0.4 is 5.73 Å². The van der Waals surface area contributed by atoms with Gasteiger partial charge in [0.1, 0.15) is 5.82 Å². The molecule has 0 saturated carbocycles. The van der Waals surface area contributed by atoms with E-state index in [4.69, 9.17) is 15.2 Å². The third-order valence-corrected chi connectivity index (χ3v) is 3.61. The number of carbonyl (C=O) groups excluding carboxylic acids is 1. The first kappa shape index (κ1) is 13.1. The van der Waals surface area contributed by atoms with E-state index >= 15 is 0 Å². The molecule has 2 N–H and O–H groups in total. The predicted octanol–water partition coefficient (Wildman–Crippen LogP) is 1.07. The monoisotopic (exact) mass is 275 g/mol. The van der Waals surface area contributed by atoms with Crippen LogP contribution in [0.1, 0.15) is 22.6 Å². The predicted molar refractivity (Wildman–Crippen MR) is 73.3 cm³/mol. The maximum Gasteiger partial charge on any atom is 0.337 e. The van der Waals surface area contributed by atoms with Gasteiger partial charge < -0.3 is 19.8 Å². The van der Waals surface area contributed by atoms with E-state index in [0.29, 0.717) is 18.7 Å². The number of benzene rings is 1. The molecule has 2 heterocycles. The first-order valence-corrected chi connectivity index (χ1v) is 6.62. The van der Waals surface area contributed by atoms with Gasteiger partial charge in [-0.2, -0.15) is 0 Å². The molecule has 1 atom stereocenters. The quantitative estimate of drug-likeness (QED) is 0.844. The van der Waals surface area contributed by atoms with Crippen molar-refractivity contribution in [1.29, 1.82) is 0 Å². The molecule has 1 aliphatic heterocycles. The normalized spacial score (nSPS) is 18.0. The van der Waals surface area contributed by atoms with Crippen molar-refractivity contribution in [2.45, 2.75) is 25.6 Å². The molecule has 1 aromatic carbocycles. The molecule has 1 saturated heterocycles. The largest absolute Gasteiger partial charge is 0.465 e. The number of imidazole rings is 1. The maximum atomic E-state index is 11.6. The Morgan fingerprint density at radius 3 is 3.00 bits per heavy atom. The lowest BCUT2D eigenvalue weighted by molar-refractivity contribution is -0.0590. The molecule has 20 heavy (non-hydrogen) atoms. The van der Waals surface area contributed by atoms with Crippen LogP contribution in [-0.4, -0.2) is 35.3 Å². The number of nitrogens with zero attached hydrogens (tertiary/aromatic N) is 2. The summed E-state index contributed by atoms with van der Waals surface area (Å²) < 4.78 is 12.3. The number of carbonyl (C=O) groups is 1. The molecule has 1 unspecified atom stereocenters. The zero-order chi connectivity index (χ0) is 14.1. The zero-order valence-electron chi connectivity index (χ0n) is 11.3. The van der Waals surface area contributed by atoms with Crippen LogP contribution in [0.3, 0.4) is 0 Å². The van der Waals surface area contributed by atoms with Crippen molar-refractivity contribution >= 4 is 17.0 Å². The van der Waals surface area contributed by atoms with E-state index in [1.54, 1.807) is 12.1 Å². The van der Waals surface area contributed by atoms with Gasteiger partial charge in [0.05, 0.1) is 42.9 Å². The second-order valence-electron chi connectivity index (χ2n) is 4.82. The lowest BCUT2D eigenvalue weighted by atomic mass is 10.1. The van der Waals surface area contributed by atoms with Crippen LogP contribution in [-0.2, 0) is 22.6 Å². The summed E-state index contributed by atoms with van der Waals surface area (Å²) in [5.41, 5.74) is 7.99. The molecule has 0 radical (unpaired) electrons. The van der Waals surface area contributed by atoms with Crippen LogP contribution >= 0.6 is 0 Å². The van der Waals surface area contributed by atoms with Gasteiger partial charge in [-0.15, -0.1) is 0 Å². The number of nitrogens with two attached hydrogens (primary N) is 1. The SMILES string of the molecule is COC(=O)c1ccc2nc(CN)n(CC3CCO3)c2c1. The molecule has 6 nitrogen and oxygen atoms in total. The van der Waals surface area contributed by atoms with Crippen molar-refractivity contribution in [2.75, 3.05) is 13.7 Å². The number of methoxy groups -OCH3 is 1. The summed E-state index contributed by atoms with van der Waals surface area (Å²) in [5.74, 6) is 0.450. The molecular weight excluding hydrogens is 258 g/mol. The summed E-state index contributed by atoms with van der Waals surface area (Å²) in [5, 5.41) is 0. The number of rotatable bonds is 4. The lowest BCUT2D eigenvalue weighted by Crippen LogP contribution is -2.32. The van der Waals surface area contributed by atoms with Gasteiger partial charge in [0.2, 0.25) is 0 Å². The molecule has 0 bridgehead atoms. The van der Waals surface area contributed by atoms with Gasteiger partial charge in [0.15, 0.2) is 0 Å². The summed E-state index contributed by atoms with van der Waals surface area (Å²) in [6, 6.07) is 5.33. The van der Waals surface area contributed by atoms with Crippen molar-refractivity contribution < 1.29 is 14.3 Å². The topological polar surface area (TPSA) is 79.4 Å². The van der Waals surface area contributed by atoms with E-state index in [2.05, 4.69) is 4.98 Å². The second-order valence-corrected chi connectivity index (χ2v) is 4.82. The fraction of sp³-hybridized carbons (Fsp3) is 0.429. The highest BCUT2D eigenvalue weighted by Crippen LogP contribution is 2.22. The molecule has 0 aliphatic carbocycles. The summed E-state index contributed by atoms with van der Waals surface area (Å²) >= 11 is 0. The number of hydrogen-bond acceptors (Lipinski definition) is 5. The fourth-order valence-electron chi connectivity index (χ4n) is 2.41. The average molecular weight is 275 g/mol. The fourth-order valence-corrected chi connectivity index (χ4v) is 2.41. The van der Waals surface area contributed by atoms with Gasteiger partial charge in [-0.3, -0.25) is 0 Å². The van der Waals surface area contributed by atoms with Crippen LogP contribution in [0.25, 0.3) is 11.0 Å². The zero-order valence-corrected chi connectivity index (χ0v) is 11.3. The Balaban J connectivity index is 2.05. The molecule has 106 valence electrons. The summed E-state index contributed by atoms with van der Waals surface area (Å²) in [4.78, 5) is 16.1. The van der Waals surface area contributed by atoms with Gasteiger partial charge >= 0.3 is 5.97 Å². The van der Waals surface area contributed by atoms with Gasteiger partial charge in [-0.1, -0.05) is 0 Å². The molecule has 2 aromatic rings. The minimum Gasteiger partial charge on any atom is -0.465 e. The third kappa shape index (κ3) is 2.17. The van der Waals surface area contributed by atoms with Crippen LogP contribution in [0, 0.1) is 0 Å². The second kappa shape index (κ2) is 5.22. The van der Waals surface area contributed by atoms with Crippen molar-refractivity contribution in [2.24, 2.45) is 5.73 Å². The minimum atomic E-state index is -0.353. The molecule has 1 aromatic heterocycles. The van der Waals surface area contributed by atoms with Gasteiger partial charge in [-0.25, -0.2) is 9.78 Å². The molecule has 0 amide bonds. The van der Waals surface area contributed by atoms with E-state index in [-0.39, 0.29) is 12.1 Å². The Hall–Kier alpha value is -1.92. The smallest absolute Gasteiger partial charge is 0.337 e. The first-order valence-electron chi connectivity index (χ1n) is 6.62. The highest BCUT2D eigenvalue weighted by Gasteiger charge is 2.21. The Bertz CT molecular complexity index is 646. The van der Waals surface area contributed by atoms with Gasteiger partial charge in [-0.05, 0) is 24.6 Å². The average Bonchev–Trinajstić information content (AvgIpc) is 2.78. The van der Waals surface area contributed by atoms with Gasteiger partial charge in [0, 0.05) is 6.61 Å². The van der Waals surface area contributed by atoms with Crippen molar-refractivity contribution in [3.63, 3.8) is 0 Å². The third-order valence-electron chi connectivity index (χ3n) is 3.61. The van der Waals surface area contributed by atoms with Crippen molar-refractivity contribution in [1.82, 2.24) is 9.55 Å². The van der Waals surface area contributed by atoms with E-state index in [9.17, 15) is 4.79 Å². The number of hydrogen-bond donors (Lipinski definition) is 1. The molecule has 0 spiro atoms. The Kier molecular flexibility index (Phi) is 3.42. The van der Waals surface area contributed by atoms with Gasteiger partial charge in [0.25, 0.3) is 0 Å². The van der Waals surface area contributed by atoms with Crippen molar-refractivity contribution in [3.05, 3.63) is 29.6 Å². The molecule has 6 heteroatoms. The van der Waals surface area contributed by atoms with E-state index in [1.165, 1.54) is 7.11 Å². The minimum absolute atomic E-state index is 0.208.